The van der Waals surface area contributed by atoms with Crippen LogP contribution in [0.3, 0.4) is 0 Å². The first kappa shape index (κ1) is 25.8. The summed E-state index contributed by atoms with van der Waals surface area (Å²) in [6.45, 7) is 1.89. The van der Waals surface area contributed by atoms with Gasteiger partial charge in [0.2, 0.25) is 0 Å². The van der Waals surface area contributed by atoms with Crippen LogP contribution in [0.1, 0.15) is 23.2 Å². The van der Waals surface area contributed by atoms with E-state index in [9.17, 15) is 9.90 Å². The van der Waals surface area contributed by atoms with Crippen LogP contribution < -0.4 is 10.2 Å². The van der Waals surface area contributed by atoms with Gasteiger partial charge in [-0.3, -0.25) is 19.1 Å². The third-order valence-electron chi connectivity index (χ3n) is 7.22. The highest BCUT2D eigenvalue weighted by atomic mass is 19.1. The number of benzene rings is 2. The molecule has 1 aliphatic rings. The monoisotopic (exact) mass is 540 g/mol. The standard InChI is InChI=1S/C29H29FN8O2/c1-36-18-27(34-35-36)21-5-7-25(26(30)14-21)29(40)38(23-3-2-9-31-16-23)28-24-6-4-19(13-20(24)8-10-32-28)22-15-33-37(17-22)11-12-39/h4-8,10,13-15,17-18,23,31,39H,2-3,9,11-12,16H2,1H3/t23-/m1/s1. The summed E-state index contributed by atoms with van der Waals surface area (Å²) in [5.41, 5.74) is 2.93. The summed E-state index contributed by atoms with van der Waals surface area (Å²) in [5.74, 6) is -0.563. The van der Waals surface area contributed by atoms with E-state index in [4.69, 9.17) is 0 Å². The fraction of sp³-hybridized carbons (Fsp3) is 0.276. The van der Waals surface area contributed by atoms with Crippen LogP contribution >= 0.6 is 0 Å². The number of hydrogen-bond acceptors (Lipinski definition) is 7. The predicted octanol–water partition coefficient (Wildman–Crippen LogP) is 3.42. The number of hydrogen-bond donors (Lipinski definition) is 2. The van der Waals surface area contributed by atoms with Gasteiger partial charge >= 0.3 is 0 Å². The number of piperidine rings is 1. The molecule has 0 radical (unpaired) electrons. The van der Waals surface area contributed by atoms with E-state index in [1.54, 1.807) is 46.0 Å². The van der Waals surface area contributed by atoms with E-state index in [1.165, 1.54) is 12.1 Å². The van der Waals surface area contributed by atoms with Gasteiger partial charge in [-0.25, -0.2) is 9.37 Å². The molecule has 3 aromatic heterocycles. The molecule has 0 unspecified atom stereocenters. The fourth-order valence-corrected chi connectivity index (χ4v) is 5.22. The molecule has 1 amide bonds. The molecule has 0 saturated carbocycles. The highest BCUT2D eigenvalue weighted by Gasteiger charge is 2.31. The molecule has 0 aliphatic carbocycles. The Morgan fingerprint density at radius 2 is 2.02 bits per heavy atom. The first-order valence-electron chi connectivity index (χ1n) is 13.2. The van der Waals surface area contributed by atoms with Crippen LogP contribution in [0.2, 0.25) is 0 Å². The third kappa shape index (κ3) is 4.96. The molecule has 2 aromatic carbocycles. The fourth-order valence-electron chi connectivity index (χ4n) is 5.22. The lowest BCUT2D eigenvalue weighted by Gasteiger charge is -2.34. The van der Waals surface area contributed by atoms with Gasteiger partial charge in [-0.1, -0.05) is 23.4 Å². The van der Waals surface area contributed by atoms with Crippen molar-refractivity contribution < 1.29 is 14.3 Å². The van der Waals surface area contributed by atoms with Crippen LogP contribution in [0.15, 0.2) is 67.3 Å². The van der Waals surface area contributed by atoms with Crippen LogP contribution in [-0.4, -0.2) is 66.5 Å². The molecule has 10 nitrogen and oxygen atoms in total. The zero-order valence-electron chi connectivity index (χ0n) is 22.0. The van der Waals surface area contributed by atoms with E-state index in [0.717, 1.165) is 41.3 Å². The number of nitrogens with one attached hydrogen (secondary N) is 1. The normalized spacial score (nSPS) is 15.4. The largest absolute Gasteiger partial charge is 0.394 e. The summed E-state index contributed by atoms with van der Waals surface area (Å²) in [4.78, 5) is 20.4. The van der Waals surface area contributed by atoms with Crippen molar-refractivity contribution in [3.05, 3.63) is 78.6 Å². The Bertz CT molecular complexity index is 1670. The number of fused-ring (bicyclic) bond motifs is 1. The molecule has 1 aliphatic heterocycles. The van der Waals surface area contributed by atoms with Gasteiger partial charge in [0.1, 0.15) is 17.3 Å². The first-order valence-corrected chi connectivity index (χ1v) is 13.2. The van der Waals surface area contributed by atoms with Gasteiger partial charge in [0.05, 0.1) is 37.2 Å². The Kier molecular flexibility index (Phi) is 7.06. The zero-order valence-corrected chi connectivity index (χ0v) is 22.0. The third-order valence-corrected chi connectivity index (χ3v) is 7.22. The summed E-state index contributed by atoms with van der Waals surface area (Å²) in [7, 11) is 1.74. The van der Waals surface area contributed by atoms with Gasteiger partial charge in [-0.2, -0.15) is 5.10 Å². The smallest absolute Gasteiger partial charge is 0.262 e. The Balaban J connectivity index is 1.39. The van der Waals surface area contributed by atoms with Crippen molar-refractivity contribution in [3.63, 3.8) is 0 Å². The number of anilines is 1. The maximum Gasteiger partial charge on any atom is 0.262 e. The summed E-state index contributed by atoms with van der Waals surface area (Å²) in [6, 6.07) is 12.2. The molecule has 0 spiro atoms. The number of pyridine rings is 1. The van der Waals surface area contributed by atoms with Crippen molar-refractivity contribution in [2.45, 2.75) is 25.4 Å². The molecular weight excluding hydrogens is 511 g/mol. The maximum atomic E-state index is 15.5. The van der Waals surface area contributed by atoms with Crippen LogP contribution in [0, 0.1) is 5.82 Å². The molecule has 1 fully saturated rings. The van der Waals surface area contributed by atoms with E-state index < -0.39 is 11.7 Å². The van der Waals surface area contributed by atoms with Crippen LogP contribution in [0.5, 0.6) is 0 Å². The van der Waals surface area contributed by atoms with Crippen LogP contribution in [-0.2, 0) is 13.6 Å². The molecule has 5 aromatic rings. The number of nitrogens with zero attached hydrogens (tertiary/aromatic N) is 7. The highest BCUT2D eigenvalue weighted by Crippen LogP contribution is 2.33. The molecule has 1 saturated heterocycles. The molecule has 1 atom stereocenters. The number of carbonyl (C=O) groups excluding carboxylic acids is 1. The molecule has 40 heavy (non-hydrogen) atoms. The van der Waals surface area contributed by atoms with Crippen molar-refractivity contribution in [1.29, 1.82) is 0 Å². The number of rotatable bonds is 7. The summed E-state index contributed by atoms with van der Waals surface area (Å²) < 4.78 is 18.7. The highest BCUT2D eigenvalue weighted by molar-refractivity contribution is 6.10. The maximum absolute atomic E-state index is 15.5. The molecule has 0 bridgehead atoms. The Morgan fingerprint density at radius 3 is 2.77 bits per heavy atom. The van der Waals surface area contributed by atoms with Crippen molar-refractivity contribution in [1.82, 2.24) is 35.1 Å². The quantitative estimate of drug-likeness (QED) is 0.325. The average molecular weight is 541 g/mol. The average Bonchev–Trinajstić information content (AvgIpc) is 3.63. The number of aliphatic hydroxyl groups excluding tert-OH is 1. The van der Waals surface area contributed by atoms with Crippen LogP contribution in [0.4, 0.5) is 10.2 Å². The van der Waals surface area contributed by atoms with E-state index in [-0.39, 0.29) is 18.2 Å². The van der Waals surface area contributed by atoms with Crippen molar-refractivity contribution in [2.24, 2.45) is 7.05 Å². The molecule has 204 valence electrons. The van der Waals surface area contributed by atoms with Gasteiger partial charge in [-0.05, 0) is 54.6 Å². The molecular formula is C29H29FN8O2. The lowest BCUT2D eigenvalue weighted by atomic mass is 10.0. The van der Waals surface area contributed by atoms with Crippen molar-refractivity contribution in [3.8, 4) is 22.4 Å². The molecule has 6 rings (SSSR count). The van der Waals surface area contributed by atoms with E-state index in [1.807, 2.05) is 30.5 Å². The number of carbonyl (C=O) groups is 1. The first-order chi connectivity index (χ1) is 19.5. The van der Waals surface area contributed by atoms with Crippen LogP contribution in [0.25, 0.3) is 33.2 Å². The minimum atomic E-state index is -0.621. The Hall–Kier alpha value is -4.48. The minimum absolute atomic E-state index is 0.0113. The molecule has 11 heteroatoms. The van der Waals surface area contributed by atoms with Gasteiger partial charge in [0.25, 0.3) is 5.91 Å². The lowest BCUT2D eigenvalue weighted by molar-refractivity contribution is 0.0968. The minimum Gasteiger partial charge on any atom is -0.394 e. The van der Waals surface area contributed by atoms with E-state index in [0.29, 0.717) is 30.2 Å². The number of aromatic nitrogens is 6. The number of amides is 1. The lowest BCUT2D eigenvalue weighted by Crippen LogP contribution is -2.49. The number of halogens is 1. The Morgan fingerprint density at radius 1 is 1.15 bits per heavy atom. The van der Waals surface area contributed by atoms with Gasteiger partial charge in [-0.15, -0.1) is 5.10 Å². The van der Waals surface area contributed by atoms with Gasteiger partial charge < -0.3 is 10.4 Å². The van der Waals surface area contributed by atoms with Gasteiger partial charge in [0, 0.05) is 42.5 Å². The van der Waals surface area contributed by atoms with E-state index >= 15 is 4.39 Å². The molecule has 4 heterocycles. The van der Waals surface area contributed by atoms with Crippen molar-refractivity contribution >= 4 is 22.5 Å². The summed E-state index contributed by atoms with van der Waals surface area (Å²) >= 11 is 0. The van der Waals surface area contributed by atoms with Gasteiger partial charge in [0.15, 0.2) is 0 Å². The second-order valence-electron chi connectivity index (χ2n) is 9.93. The number of aryl methyl sites for hydroxylation is 1. The predicted molar refractivity (Wildman–Crippen MR) is 149 cm³/mol. The number of aliphatic hydroxyl groups is 1. The van der Waals surface area contributed by atoms with E-state index in [2.05, 4.69) is 25.7 Å². The Labute approximate surface area is 230 Å². The summed E-state index contributed by atoms with van der Waals surface area (Å²) in [6.07, 6.45) is 8.70. The molecule has 2 N–H and O–H groups in total. The zero-order chi connectivity index (χ0) is 27.6. The topological polar surface area (TPSA) is 114 Å². The summed E-state index contributed by atoms with van der Waals surface area (Å²) in [5, 5.41) is 26.5. The van der Waals surface area contributed by atoms with Crippen molar-refractivity contribution in [2.75, 3.05) is 24.6 Å². The second kappa shape index (κ2) is 10.9. The second-order valence-corrected chi connectivity index (χ2v) is 9.93. The SMILES string of the molecule is Cn1cc(-c2ccc(C(=O)N(c3nccc4cc(-c5cnn(CCO)c5)ccc34)[C@@H]3CCCNC3)c(F)c2)nn1.